The standard InChI is InChI=1S/C11H15FO3S/c1-2-6-15-7-8-16(13,14)11-5-3-4-10(12)9-11/h3-5,9H,2,6-8H2,1H3. The van der Waals surface area contributed by atoms with Crippen molar-refractivity contribution in [3.63, 3.8) is 0 Å². The van der Waals surface area contributed by atoms with Crippen LogP contribution < -0.4 is 0 Å². The number of sulfone groups is 1. The fourth-order valence-corrected chi connectivity index (χ4v) is 2.34. The SMILES string of the molecule is CCCOCCS(=O)(=O)c1cccc(F)c1. The van der Waals surface area contributed by atoms with E-state index in [0.29, 0.717) is 6.61 Å². The maximum atomic E-state index is 12.8. The predicted molar refractivity (Wildman–Crippen MR) is 59.6 cm³/mol. The Kier molecular flexibility index (Phi) is 4.89. The molecule has 0 heterocycles. The van der Waals surface area contributed by atoms with E-state index in [1.54, 1.807) is 0 Å². The van der Waals surface area contributed by atoms with Crippen LogP contribution in [-0.2, 0) is 14.6 Å². The van der Waals surface area contributed by atoms with Crippen LogP contribution in [0.15, 0.2) is 29.2 Å². The number of benzene rings is 1. The number of hydrogen-bond donors (Lipinski definition) is 0. The second-order valence-corrected chi connectivity index (χ2v) is 5.50. The molecule has 0 radical (unpaired) electrons. The summed E-state index contributed by atoms with van der Waals surface area (Å²) in [6, 6.07) is 5.01. The monoisotopic (exact) mass is 246 g/mol. The molecular formula is C11H15FO3S. The number of rotatable bonds is 6. The van der Waals surface area contributed by atoms with E-state index in [-0.39, 0.29) is 17.3 Å². The van der Waals surface area contributed by atoms with Crippen LogP contribution in [0, 0.1) is 5.82 Å². The van der Waals surface area contributed by atoms with Crippen LogP contribution >= 0.6 is 0 Å². The molecule has 0 fully saturated rings. The molecule has 0 atom stereocenters. The lowest BCUT2D eigenvalue weighted by molar-refractivity contribution is 0.149. The maximum absolute atomic E-state index is 12.8. The highest BCUT2D eigenvalue weighted by molar-refractivity contribution is 7.91. The fraction of sp³-hybridized carbons (Fsp3) is 0.455. The van der Waals surface area contributed by atoms with Crippen molar-refractivity contribution in [3.8, 4) is 0 Å². The molecule has 0 aliphatic heterocycles. The van der Waals surface area contributed by atoms with E-state index in [1.165, 1.54) is 18.2 Å². The maximum Gasteiger partial charge on any atom is 0.180 e. The van der Waals surface area contributed by atoms with Gasteiger partial charge >= 0.3 is 0 Å². The summed E-state index contributed by atoms with van der Waals surface area (Å²) in [5, 5.41) is 0. The lowest BCUT2D eigenvalue weighted by Crippen LogP contribution is -2.13. The molecule has 1 aromatic rings. The molecule has 16 heavy (non-hydrogen) atoms. The molecule has 0 saturated carbocycles. The van der Waals surface area contributed by atoms with Gasteiger partial charge in [0.2, 0.25) is 0 Å². The Morgan fingerprint density at radius 2 is 2.06 bits per heavy atom. The second kappa shape index (κ2) is 5.96. The van der Waals surface area contributed by atoms with Crippen LogP contribution in [0.25, 0.3) is 0 Å². The molecule has 3 nitrogen and oxygen atoms in total. The van der Waals surface area contributed by atoms with Crippen molar-refractivity contribution in [3.05, 3.63) is 30.1 Å². The van der Waals surface area contributed by atoms with Crippen LogP contribution in [0.4, 0.5) is 4.39 Å². The third-order valence-corrected chi connectivity index (χ3v) is 3.68. The van der Waals surface area contributed by atoms with E-state index < -0.39 is 15.7 Å². The van der Waals surface area contributed by atoms with Crippen LogP contribution in [0.2, 0.25) is 0 Å². The Morgan fingerprint density at radius 1 is 1.31 bits per heavy atom. The summed E-state index contributed by atoms with van der Waals surface area (Å²) in [6.45, 7) is 2.63. The normalized spacial score (nSPS) is 11.6. The molecule has 0 saturated heterocycles. The summed E-state index contributed by atoms with van der Waals surface area (Å²) in [4.78, 5) is 0.00704. The summed E-state index contributed by atoms with van der Waals surface area (Å²) in [7, 11) is -3.43. The summed E-state index contributed by atoms with van der Waals surface area (Å²) < 4.78 is 41.3. The van der Waals surface area contributed by atoms with Gasteiger partial charge in [0.25, 0.3) is 0 Å². The Balaban J connectivity index is 2.64. The van der Waals surface area contributed by atoms with E-state index >= 15 is 0 Å². The van der Waals surface area contributed by atoms with Gasteiger partial charge in [0.1, 0.15) is 5.82 Å². The molecule has 1 aromatic carbocycles. The average molecular weight is 246 g/mol. The summed E-state index contributed by atoms with van der Waals surface area (Å²) in [5.74, 6) is -0.660. The van der Waals surface area contributed by atoms with Crippen molar-refractivity contribution >= 4 is 9.84 Å². The highest BCUT2D eigenvalue weighted by atomic mass is 32.2. The number of ether oxygens (including phenoxy) is 1. The Hall–Kier alpha value is -0.940. The minimum absolute atomic E-state index is 0.00704. The van der Waals surface area contributed by atoms with E-state index in [0.717, 1.165) is 12.5 Å². The molecule has 0 spiro atoms. The minimum Gasteiger partial charge on any atom is -0.380 e. The van der Waals surface area contributed by atoms with Gasteiger partial charge in [-0.1, -0.05) is 13.0 Å². The van der Waals surface area contributed by atoms with E-state index in [9.17, 15) is 12.8 Å². The number of halogens is 1. The zero-order chi connectivity index (χ0) is 12.0. The average Bonchev–Trinajstić information content (AvgIpc) is 2.24. The predicted octanol–water partition coefficient (Wildman–Crippen LogP) is 2.03. The Morgan fingerprint density at radius 3 is 2.69 bits per heavy atom. The summed E-state index contributed by atoms with van der Waals surface area (Å²) in [5.41, 5.74) is 0. The third-order valence-electron chi connectivity index (χ3n) is 2.00. The second-order valence-electron chi connectivity index (χ2n) is 3.39. The van der Waals surface area contributed by atoms with Gasteiger partial charge in [-0.2, -0.15) is 0 Å². The first-order valence-electron chi connectivity index (χ1n) is 5.12. The highest BCUT2D eigenvalue weighted by Gasteiger charge is 2.14. The first-order valence-corrected chi connectivity index (χ1v) is 6.77. The van der Waals surface area contributed by atoms with Gasteiger partial charge in [-0.15, -0.1) is 0 Å². The van der Waals surface area contributed by atoms with Crippen LogP contribution in [0.3, 0.4) is 0 Å². The van der Waals surface area contributed by atoms with Crippen LogP contribution in [-0.4, -0.2) is 27.4 Å². The fourth-order valence-electron chi connectivity index (χ4n) is 1.19. The summed E-state index contributed by atoms with van der Waals surface area (Å²) >= 11 is 0. The van der Waals surface area contributed by atoms with Crippen LogP contribution in [0.1, 0.15) is 13.3 Å². The highest BCUT2D eigenvalue weighted by Crippen LogP contribution is 2.12. The van der Waals surface area contributed by atoms with Gasteiger partial charge in [0.05, 0.1) is 17.3 Å². The Bertz CT molecular complexity index is 429. The molecular weight excluding hydrogens is 231 g/mol. The minimum atomic E-state index is -3.43. The molecule has 90 valence electrons. The smallest absolute Gasteiger partial charge is 0.180 e. The molecule has 1 rings (SSSR count). The first-order chi connectivity index (χ1) is 7.56. The summed E-state index contributed by atoms with van der Waals surface area (Å²) in [6.07, 6.45) is 0.847. The van der Waals surface area contributed by atoms with Crippen molar-refractivity contribution in [1.82, 2.24) is 0 Å². The van der Waals surface area contributed by atoms with E-state index in [4.69, 9.17) is 4.74 Å². The van der Waals surface area contributed by atoms with Crippen molar-refractivity contribution in [2.45, 2.75) is 18.2 Å². The van der Waals surface area contributed by atoms with Gasteiger partial charge in [-0.3, -0.25) is 0 Å². The molecule has 5 heteroatoms. The van der Waals surface area contributed by atoms with E-state index in [1.807, 2.05) is 6.92 Å². The van der Waals surface area contributed by atoms with Gasteiger partial charge in [0, 0.05) is 6.61 Å². The van der Waals surface area contributed by atoms with Crippen molar-refractivity contribution < 1.29 is 17.5 Å². The zero-order valence-electron chi connectivity index (χ0n) is 9.15. The van der Waals surface area contributed by atoms with Crippen LogP contribution in [0.5, 0.6) is 0 Å². The van der Waals surface area contributed by atoms with Gasteiger partial charge in [-0.25, -0.2) is 12.8 Å². The zero-order valence-corrected chi connectivity index (χ0v) is 9.97. The van der Waals surface area contributed by atoms with E-state index in [2.05, 4.69) is 0 Å². The quantitative estimate of drug-likeness (QED) is 0.721. The molecule has 0 unspecified atom stereocenters. The van der Waals surface area contributed by atoms with Crippen molar-refractivity contribution in [1.29, 1.82) is 0 Å². The number of hydrogen-bond acceptors (Lipinski definition) is 3. The molecule has 0 aliphatic rings. The van der Waals surface area contributed by atoms with Crippen molar-refractivity contribution in [2.24, 2.45) is 0 Å². The first kappa shape index (κ1) is 13.1. The molecule has 0 amide bonds. The lowest BCUT2D eigenvalue weighted by Gasteiger charge is -2.05. The molecule has 0 aromatic heterocycles. The van der Waals surface area contributed by atoms with Crippen molar-refractivity contribution in [2.75, 3.05) is 19.0 Å². The van der Waals surface area contributed by atoms with Gasteiger partial charge in [-0.05, 0) is 24.6 Å². The largest absolute Gasteiger partial charge is 0.380 e. The molecule has 0 N–H and O–H groups in total. The molecule has 0 aliphatic carbocycles. The van der Waals surface area contributed by atoms with Gasteiger partial charge in [0.15, 0.2) is 9.84 Å². The lowest BCUT2D eigenvalue weighted by atomic mass is 10.4. The third kappa shape index (κ3) is 3.90. The van der Waals surface area contributed by atoms with Gasteiger partial charge < -0.3 is 4.74 Å². The molecule has 0 bridgehead atoms. The topological polar surface area (TPSA) is 43.4 Å². The Labute approximate surface area is 95.2 Å².